The molecule has 140 valence electrons. The fraction of sp³-hybridized carbons (Fsp3) is 0.300. The number of hydrogen-bond acceptors (Lipinski definition) is 5. The predicted molar refractivity (Wildman–Crippen MR) is 102 cm³/mol. The number of hydrogen-bond donors (Lipinski definition) is 1. The van der Waals surface area contributed by atoms with Crippen LogP contribution in [0, 0.1) is 0 Å². The van der Waals surface area contributed by atoms with Crippen LogP contribution in [0.2, 0.25) is 0 Å². The molecule has 7 heteroatoms. The van der Waals surface area contributed by atoms with Gasteiger partial charge in [-0.2, -0.15) is 5.10 Å². The summed E-state index contributed by atoms with van der Waals surface area (Å²) in [5, 5.41) is 7.10. The predicted octanol–water partition coefficient (Wildman–Crippen LogP) is 3.46. The Labute approximate surface area is 157 Å². The molecular weight excluding hydrogens is 344 g/mol. The van der Waals surface area contributed by atoms with Crippen molar-refractivity contribution in [3.63, 3.8) is 0 Å². The van der Waals surface area contributed by atoms with E-state index in [1.807, 2.05) is 0 Å². The molecule has 3 aromatic rings. The summed E-state index contributed by atoms with van der Waals surface area (Å²) in [5.74, 6) is -0.717. The number of nitrogens with one attached hydrogen (secondary N) is 1. The number of fused-ring (bicyclic) bond motifs is 1. The number of anilines is 1. The number of benzene rings is 1. The zero-order valence-corrected chi connectivity index (χ0v) is 15.8. The lowest BCUT2D eigenvalue weighted by Gasteiger charge is -2.20. The molecule has 1 aromatic carbocycles. The highest BCUT2D eigenvalue weighted by atomic mass is 16.5. The van der Waals surface area contributed by atoms with Crippen LogP contribution in [-0.4, -0.2) is 33.1 Å². The van der Waals surface area contributed by atoms with Crippen molar-refractivity contribution in [1.29, 1.82) is 0 Å². The smallest absolute Gasteiger partial charge is 0.338 e. The van der Waals surface area contributed by atoms with Gasteiger partial charge in [0.15, 0.2) is 5.65 Å². The van der Waals surface area contributed by atoms with E-state index in [0.29, 0.717) is 29.2 Å². The van der Waals surface area contributed by atoms with Crippen molar-refractivity contribution in [2.45, 2.75) is 33.1 Å². The maximum absolute atomic E-state index is 12.7. The van der Waals surface area contributed by atoms with Crippen LogP contribution in [0.25, 0.3) is 5.65 Å². The maximum atomic E-state index is 12.7. The Hall–Kier alpha value is -3.22. The molecule has 0 saturated heterocycles. The van der Waals surface area contributed by atoms with Gasteiger partial charge in [0.05, 0.1) is 24.1 Å². The number of carbonyl (C=O) groups excluding carboxylic acids is 2. The summed E-state index contributed by atoms with van der Waals surface area (Å²) in [7, 11) is 0. The molecule has 1 N–H and O–H groups in total. The molecule has 0 fully saturated rings. The van der Waals surface area contributed by atoms with E-state index in [1.54, 1.807) is 54.0 Å². The van der Waals surface area contributed by atoms with E-state index in [2.05, 4.69) is 36.2 Å². The van der Waals surface area contributed by atoms with E-state index < -0.39 is 5.97 Å². The van der Waals surface area contributed by atoms with Gasteiger partial charge in [0.25, 0.3) is 5.91 Å². The van der Waals surface area contributed by atoms with Crippen molar-refractivity contribution in [3.8, 4) is 0 Å². The Kier molecular flexibility index (Phi) is 4.94. The quantitative estimate of drug-likeness (QED) is 0.715. The van der Waals surface area contributed by atoms with Crippen molar-refractivity contribution < 1.29 is 14.3 Å². The summed E-state index contributed by atoms with van der Waals surface area (Å²) in [6.07, 6.45) is 1.66. The van der Waals surface area contributed by atoms with Crippen molar-refractivity contribution in [3.05, 3.63) is 59.5 Å². The summed E-state index contributed by atoms with van der Waals surface area (Å²) in [6, 6.07) is 10.1. The molecule has 0 spiro atoms. The second kappa shape index (κ2) is 7.19. The van der Waals surface area contributed by atoms with Crippen LogP contribution in [0.5, 0.6) is 0 Å². The van der Waals surface area contributed by atoms with Gasteiger partial charge in [-0.25, -0.2) is 14.3 Å². The molecule has 2 heterocycles. The minimum absolute atomic E-state index is 0.205. The van der Waals surface area contributed by atoms with Gasteiger partial charge in [0.1, 0.15) is 5.69 Å². The third-order valence-electron chi connectivity index (χ3n) is 4.01. The highest BCUT2D eigenvalue weighted by Gasteiger charge is 2.22. The second-order valence-corrected chi connectivity index (χ2v) is 7.13. The summed E-state index contributed by atoms with van der Waals surface area (Å²) < 4.78 is 6.69. The minimum atomic E-state index is -0.391. The molecule has 0 bridgehead atoms. The van der Waals surface area contributed by atoms with Crippen LogP contribution < -0.4 is 5.32 Å². The van der Waals surface area contributed by atoms with Crippen molar-refractivity contribution in [2.24, 2.45) is 0 Å². The van der Waals surface area contributed by atoms with Gasteiger partial charge in [-0.15, -0.1) is 0 Å². The van der Waals surface area contributed by atoms with Gasteiger partial charge in [0.2, 0.25) is 0 Å². The number of ether oxygens (including phenoxy) is 1. The van der Waals surface area contributed by atoms with Crippen LogP contribution in [0.4, 0.5) is 5.69 Å². The fourth-order valence-electron chi connectivity index (χ4n) is 2.66. The van der Waals surface area contributed by atoms with Crippen LogP contribution >= 0.6 is 0 Å². The van der Waals surface area contributed by atoms with Crippen LogP contribution in [0.3, 0.4) is 0 Å². The Morgan fingerprint density at radius 1 is 1.15 bits per heavy atom. The van der Waals surface area contributed by atoms with E-state index in [0.717, 1.165) is 5.69 Å². The number of esters is 1. The van der Waals surface area contributed by atoms with E-state index in [4.69, 9.17) is 4.74 Å². The van der Waals surface area contributed by atoms with Crippen molar-refractivity contribution in [2.75, 3.05) is 11.9 Å². The molecule has 0 atom stereocenters. The third kappa shape index (κ3) is 3.97. The number of aromatic nitrogens is 3. The standard InChI is InChI=1S/C20H22N4O3/c1-5-27-19(26)13-6-8-14(9-7-13)22-18(25)15-12-16(20(2,3)4)24-17(23-15)10-11-21-24/h6-12H,5H2,1-4H3,(H,22,25). The fourth-order valence-corrected chi connectivity index (χ4v) is 2.66. The Bertz CT molecular complexity index is 985. The zero-order chi connectivity index (χ0) is 19.6. The number of nitrogens with zero attached hydrogens (tertiary/aromatic N) is 3. The lowest BCUT2D eigenvalue weighted by atomic mass is 9.91. The van der Waals surface area contributed by atoms with E-state index in [9.17, 15) is 9.59 Å². The van der Waals surface area contributed by atoms with Gasteiger partial charge < -0.3 is 10.1 Å². The average molecular weight is 366 g/mol. The first-order valence-corrected chi connectivity index (χ1v) is 8.73. The summed E-state index contributed by atoms with van der Waals surface area (Å²) in [6.45, 7) is 8.23. The van der Waals surface area contributed by atoms with Gasteiger partial charge >= 0.3 is 5.97 Å². The summed E-state index contributed by atoms with van der Waals surface area (Å²) in [4.78, 5) is 28.8. The topological polar surface area (TPSA) is 85.6 Å². The second-order valence-electron chi connectivity index (χ2n) is 7.13. The lowest BCUT2D eigenvalue weighted by molar-refractivity contribution is 0.0526. The highest BCUT2D eigenvalue weighted by molar-refractivity contribution is 6.03. The minimum Gasteiger partial charge on any atom is -0.462 e. The van der Waals surface area contributed by atoms with Gasteiger partial charge in [0, 0.05) is 17.2 Å². The average Bonchev–Trinajstić information content (AvgIpc) is 3.09. The van der Waals surface area contributed by atoms with Crippen LogP contribution in [0.15, 0.2) is 42.6 Å². The molecular formula is C20H22N4O3. The molecule has 1 amide bonds. The lowest BCUT2D eigenvalue weighted by Crippen LogP contribution is -2.21. The molecule has 27 heavy (non-hydrogen) atoms. The first-order valence-electron chi connectivity index (χ1n) is 8.73. The summed E-state index contributed by atoms with van der Waals surface area (Å²) in [5.41, 5.74) is 2.61. The SMILES string of the molecule is CCOC(=O)c1ccc(NC(=O)c2cc(C(C)(C)C)n3nccc3n2)cc1. The molecule has 3 rings (SSSR count). The zero-order valence-electron chi connectivity index (χ0n) is 15.8. The molecule has 0 radical (unpaired) electrons. The molecule has 0 saturated carbocycles. The molecule has 0 aliphatic heterocycles. The Morgan fingerprint density at radius 3 is 2.48 bits per heavy atom. The van der Waals surface area contributed by atoms with Crippen LogP contribution in [0.1, 0.15) is 54.2 Å². The van der Waals surface area contributed by atoms with E-state index in [-0.39, 0.29) is 11.3 Å². The van der Waals surface area contributed by atoms with E-state index >= 15 is 0 Å². The molecule has 7 nitrogen and oxygen atoms in total. The van der Waals surface area contributed by atoms with Gasteiger partial charge in [-0.3, -0.25) is 4.79 Å². The summed E-state index contributed by atoms with van der Waals surface area (Å²) >= 11 is 0. The monoisotopic (exact) mass is 366 g/mol. The van der Waals surface area contributed by atoms with Gasteiger partial charge in [-0.1, -0.05) is 20.8 Å². The Morgan fingerprint density at radius 2 is 1.85 bits per heavy atom. The maximum Gasteiger partial charge on any atom is 0.338 e. The third-order valence-corrected chi connectivity index (χ3v) is 4.01. The number of amides is 1. The number of rotatable bonds is 4. The highest BCUT2D eigenvalue weighted by Crippen LogP contribution is 2.23. The van der Waals surface area contributed by atoms with Crippen molar-refractivity contribution in [1.82, 2.24) is 14.6 Å². The molecule has 0 aliphatic carbocycles. The molecule has 0 aliphatic rings. The first-order chi connectivity index (χ1) is 12.8. The number of carbonyl (C=O) groups is 2. The van der Waals surface area contributed by atoms with Crippen molar-refractivity contribution >= 4 is 23.2 Å². The largest absolute Gasteiger partial charge is 0.462 e. The first kappa shape index (κ1) is 18.6. The molecule has 0 unspecified atom stereocenters. The molecule has 2 aromatic heterocycles. The van der Waals surface area contributed by atoms with E-state index in [1.165, 1.54) is 0 Å². The van der Waals surface area contributed by atoms with Gasteiger partial charge in [-0.05, 0) is 37.3 Å². The van der Waals surface area contributed by atoms with Crippen LogP contribution in [-0.2, 0) is 10.2 Å². The Balaban J connectivity index is 1.85. The normalized spacial score (nSPS) is 11.4.